The molecular formula is C18H12F3NO2S2. The number of amides is 1. The lowest BCUT2D eigenvalue weighted by molar-refractivity contribution is -0.137. The first-order chi connectivity index (χ1) is 12.3. The average Bonchev–Trinajstić information content (AvgIpc) is 2.88. The van der Waals surface area contributed by atoms with E-state index < -0.39 is 17.6 Å². The Morgan fingerprint density at radius 3 is 2.38 bits per heavy atom. The van der Waals surface area contributed by atoms with Gasteiger partial charge in [-0.25, -0.2) is 0 Å². The fraction of sp³-hybridized carbons (Fsp3) is 0.111. The van der Waals surface area contributed by atoms with Crippen LogP contribution in [-0.4, -0.2) is 17.3 Å². The summed E-state index contributed by atoms with van der Waals surface area (Å²) < 4.78 is 44.8. The highest BCUT2D eigenvalue weighted by Gasteiger charge is 2.36. The van der Waals surface area contributed by atoms with Gasteiger partial charge in [0.15, 0.2) is 4.32 Å². The molecule has 1 amide bonds. The predicted molar refractivity (Wildman–Crippen MR) is 100 cm³/mol. The van der Waals surface area contributed by atoms with Gasteiger partial charge in [0.1, 0.15) is 5.75 Å². The molecule has 0 radical (unpaired) electrons. The van der Waals surface area contributed by atoms with Crippen LogP contribution in [0.2, 0.25) is 0 Å². The van der Waals surface area contributed by atoms with E-state index >= 15 is 0 Å². The zero-order valence-corrected chi connectivity index (χ0v) is 15.0. The normalized spacial score (nSPS) is 16.5. The number of rotatable bonds is 3. The topological polar surface area (TPSA) is 29.5 Å². The average molecular weight is 395 g/mol. The van der Waals surface area contributed by atoms with Crippen LogP contribution in [0.5, 0.6) is 5.75 Å². The van der Waals surface area contributed by atoms with Gasteiger partial charge in [-0.1, -0.05) is 42.2 Å². The number of benzene rings is 2. The Morgan fingerprint density at radius 1 is 1.12 bits per heavy atom. The monoisotopic (exact) mass is 395 g/mol. The first-order valence-electron chi connectivity index (χ1n) is 7.39. The van der Waals surface area contributed by atoms with Crippen molar-refractivity contribution in [3.05, 3.63) is 64.6 Å². The third-order valence-corrected chi connectivity index (χ3v) is 4.98. The third kappa shape index (κ3) is 3.61. The van der Waals surface area contributed by atoms with Crippen LogP contribution < -0.4 is 9.64 Å². The lowest BCUT2D eigenvalue weighted by Gasteiger charge is -2.14. The molecule has 1 heterocycles. The number of halogens is 3. The zero-order chi connectivity index (χ0) is 18.9. The Balaban J connectivity index is 1.95. The molecule has 2 aromatic rings. The number of carbonyl (C=O) groups is 1. The molecule has 0 aliphatic carbocycles. The Morgan fingerprint density at radius 2 is 1.77 bits per heavy atom. The van der Waals surface area contributed by atoms with Crippen molar-refractivity contribution in [1.82, 2.24) is 0 Å². The molecule has 0 spiro atoms. The predicted octanol–water partition coefficient (Wildman–Crippen LogP) is 5.12. The summed E-state index contributed by atoms with van der Waals surface area (Å²) in [7, 11) is 1.52. The second-order valence-corrected chi connectivity index (χ2v) is 6.98. The highest BCUT2D eigenvalue weighted by atomic mass is 32.2. The molecule has 1 saturated heterocycles. The Kier molecular flexibility index (Phi) is 5.06. The summed E-state index contributed by atoms with van der Waals surface area (Å²) in [6, 6.07) is 11.8. The van der Waals surface area contributed by atoms with E-state index in [4.69, 9.17) is 17.0 Å². The second-order valence-electron chi connectivity index (χ2n) is 5.30. The maximum Gasteiger partial charge on any atom is 0.416 e. The minimum Gasteiger partial charge on any atom is -0.497 e. The van der Waals surface area contributed by atoms with Gasteiger partial charge >= 0.3 is 6.18 Å². The van der Waals surface area contributed by atoms with Crippen LogP contribution in [0, 0.1) is 0 Å². The summed E-state index contributed by atoms with van der Waals surface area (Å²) in [6.45, 7) is 0. The molecule has 0 saturated carbocycles. The molecular weight excluding hydrogens is 383 g/mol. The lowest BCUT2D eigenvalue weighted by atomic mass is 10.1. The van der Waals surface area contributed by atoms with Crippen LogP contribution in [0.15, 0.2) is 53.4 Å². The summed E-state index contributed by atoms with van der Waals surface area (Å²) in [4.78, 5) is 14.1. The number of hydrogen-bond acceptors (Lipinski definition) is 4. The fourth-order valence-corrected chi connectivity index (χ4v) is 3.73. The Hall–Kier alpha value is -2.32. The van der Waals surface area contributed by atoms with E-state index in [2.05, 4.69) is 0 Å². The molecule has 0 aromatic heterocycles. The van der Waals surface area contributed by atoms with Gasteiger partial charge in [-0.15, -0.1) is 0 Å². The maximum absolute atomic E-state index is 13.1. The van der Waals surface area contributed by atoms with Gasteiger partial charge in [-0.3, -0.25) is 9.69 Å². The van der Waals surface area contributed by atoms with Crippen LogP contribution in [-0.2, 0) is 11.0 Å². The van der Waals surface area contributed by atoms with Crippen LogP contribution >= 0.6 is 24.0 Å². The molecule has 1 aliphatic rings. The minimum absolute atomic E-state index is 0.0739. The number of thioether (sulfide) groups is 1. The van der Waals surface area contributed by atoms with Gasteiger partial charge in [-0.2, -0.15) is 13.2 Å². The van der Waals surface area contributed by atoms with Gasteiger partial charge in [0.05, 0.1) is 23.3 Å². The second kappa shape index (κ2) is 7.13. The number of hydrogen-bond donors (Lipinski definition) is 0. The molecule has 3 nitrogen and oxygen atoms in total. The molecule has 0 N–H and O–H groups in total. The largest absolute Gasteiger partial charge is 0.497 e. The highest BCUT2D eigenvalue weighted by Crippen LogP contribution is 2.38. The molecule has 0 bridgehead atoms. The quantitative estimate of drug-likeness (QED) is 0.533. The standard InChI is InChI=1S/C18H12F3NO2S2/c1-24-13-8-6-12(7-9-13)22-16(23)15(26-17(22)25)10-11-4-2-3-5-14(11)18(19,20)21/h2-10H,1H3/b15-10-. The first kappa shape index (κ1) is 18.5. The van der Waals surface area contributed by atoms with Crippen LogP contribution in [0.1, 0.15) is 11.1 Å². The molecule has 1 aliphatic heterocycles. The molecule has 26 heavy (non-hydrogen) atoms. The van der Waals surface area contributed by atoms with E-state index in [0.717, 1.165) is 17.8 Å². The van der Waals surface area contributed by atoms with Crippen LogP contribution in [0.3, 0.4) is 0 Å². The van der Waals surface area contributed by atoms with E-state index in [1.165, 1.54) is 36.3 Å². The zero-order valence-electron chi connectivity index (χ0n) is 13.4. The van der Waals surface area contributed by atoms with Crippen molar-refractivity contribution in [2.24, 2.45) is 0 Å². The van der Waals surface area contributed by atoms with Crippen molar-refractivity contribution in [1.29, 1.82) is 0 Å². The smallest absolute Gasteiger partial charge is 0.416 e. The summed E-state index contributed by atoms with van der Waals surface area (Å²) >= 11 is 6.21. The number of anilines is 1. The van der Waals surface area contributed by atoms with Crippen molar-refractivity contribution >= 4 is 46.0 Å². The number of alkyl halides is 3. The SMILES string of the molecule is COc1ccc(N2C(=O)/C(=C/c3ccccc3C(F)(F)F)SC2=S)cc1. The van der Waals surface area contributed by atoms with Gasteiger partial charge in [0, 0.05) is 0 Å². The van der Waals surface area contributed by atoms with Gasteiger partial charge in [-0.05, 0) is 42.0 Å². The summed E-state index contributed by atoms with van der Waals surface area (Å²) in [5, 5.41) is 0. The van der Waals surface area contributed by atoms with E-state index in [0.29, 0.717) is 11.4 Å². The number of thiocarbonyl (C=S) groups is 1. The summed E-state index contributed by atoms with van der Waals surface area (Å²) in [5.41, 5.74) is -0.342. The van der Waals surface area contributed by atoms with E-state index in [9.17, 15) is 18.0 Å². The molecule has 2 aromatic carbocycles. The molecule has 8 heteroatoms. The molecule has 3 rings (SSSR count). The van der Waals surface area contributed by atoms with Crippen molar-refractivity contribution in [3.8, 4) is 5.75 Å². The number of ether oxygens (including phenoxy) is 1. The van der Waals surface area contributed by atoms with E-state index in [1.807, 2.05) is 0 Å². The van der Waals surface area contributed by atoms with Crippen molar-refractivity contribution in [3.63, 3.8) is 0 Å². The molecule has 0 atom stereocenters. The highest BCUT2D eigenvalue weighted by molar-refractivity contribution is 8.27. The van der Waals surface area contributed by atoms with Gasteiger partial charge in [0.2, 0.25) is 0 Å². The molecule has 134 valence electrons. The van der Waals surface area contributed by atoms with Crippen molar-refractivity contribution in [2.75, 3.05) is 12.0 Å². The van der Waals surface area contributed by atoms with Crippen LogP contribution in [0.25, 0.3) is 6.08 Å². The molecule has 1 fully saturated rings. The summed E-state index contributed by atoms with van der Waals surface area (Å²) in [5.74, 6) is 0.163. The lowest BCUT2D eigenvalue weighted by Crippen LogP contribution is -2.27. The number of carbonyl (C=O) groups excluding carboxylic acids is 1. The van der Waals surface area contributed by atoms with Crippen molar-refractivity contribution < 1.29 is 22.7 Å². The van der Waals surface area contributed by atoms with Crippen LogP contribution in [0.4, 0.5) is 18.9 Å². The fourth-order valence-electron chi connectivity index (χ4n) is 2.44. The number of nitrogens with zero attached hydrogens (tertiary/aromatic N) is 1. The summed E-state index contributed by atoms with van der Waals surface area (Å²) in [6.07, 6.45) is -3.28. The van der Waals surface area contributed by atoms with Crippen molar-refractivity contribution in [2.45, 2.75) is 6.18 Å². The van der Waals surface area contributed by atoms with Gasteiger partial charge in [0.25, 0.3) is 5.91 Å². The molecule has 0 unspecified atom stereocenters. The number of methoxy groups -OCH3 is 1. The Labute approximate surface area is 157 Å². The first-order valence-corrected chi connectivity index (χ1v) is 8.62. The third-order valence-electron chi connectivity index (χ3n) is 3.68. The maximum atomic E-state index is 13.1. The van der Waals surface area contributed by atoms with E-state index in [-0.39, 0.29) is 14.8 Å². The minimum atomic E-state index is -4.50. The Bertz CT molecular complexity index is 892. The van der Waals surface area contributed by atoms with Gasteiger partial charge < -0.3 is 4.74 Å². The van der Waals surface area contributed by atoms with E-state index in [1.54, 1.807) is 24.3 Å².